The zero-order chi connectivity index (χ0) is 11.9. The van der Waals surface area contributed by atoms with Gasteiger partial charge in [-0.15, -0.1) is 0 Å². The Balaban J connectivity index is 2.18. The van der Waals surface area contributed by atoms with E-state index in [0.717, 1.165) is 29.7 Å². The van der Waals surface area contributed by atoms with Crippen LogP contribution in [-0.2, 0) is 12.0 Å². The number of halogens is 1. The molecule has 0 saturated heterocycles. The van der Waals surface area contributed by atoms with E-state index in [-0.39, 0.29) is 0 Å². The highest BCUT2D eigenvalue weighted by Gasteiger charge is 2.39. The maximum absolute atomic E-state index is 10.9. The van der Waals surface area contributed by atoms with E-state index in [1.165, 1.54) is 0 Å². The second-order valence-corrected chi connectivity index (χ2v) is 4.86. The molecule has 0 saturated carbocycles. The minimum atomic E-state index is -1.00. The summed E-state index contributed by atoms with van der Waals surface area (Å²) in [6.45, 7) is 0. The van der Waals surface area contributed by atoms with E-state index < -0.39 is 5.60 Å². The van der Waals surface area contributed by atoms with Crippen molar-refractivity contribution in [1.29, 1.82) is 0 Å². The van der Waals surface area contributed by atoms with Gasteiger partial charge in [-0.25, -0.2) is 0 Å². The van der Waals surface area contributed by atoms with Gasteiger partial charge < -0.3 is 9.52 Å². The fourth-order valence-electron chi connectivity index (χ4n) is 2.62. The van der Waals surface area contributed by atoms with Gasteiger partial charge in [-0.3, -0.25) is 0 Å². The van der Waals surface area contributed by atoms with Crippen molar-refractivity contribution in [3.63, 3.8) is 0 Å². The first-order valence-corrected chi connectivity index (χ1v) is 6.14. The van der Waals surface area contributed by atoms with E-state index in [1.807, 2.05) is 30.3 Å². The van der Waals surface area contributed by atoms with Crippen LogP contribution < -0.4 is 0 Å². The summed E-state index contributed by atoms with van der Waals surface area (Å²) in [7, 11) is 0. The van der Waals surface area contributed by atoms with E-state index >= 15 is 0 Å². The maximum atomic E-state index is 10.9. The molecular formula is C14H13ClO2. The van der Waals surface area contributed by atoms with Crippen molar-refractivity contribution in [3.8, 4) is 0 Å². The molecule has 1 aromatic carbocycles. The Kier molecular flexibility index (Phi) is 2.49. The lowest BCUT2D eigenvalue weighted by Gasteiger charge is -2.32. The normalized spacial score (nSPS) is 23.4. The lowest BCUT2D eigenvalue weighted by Crippen LogP contribution is -2.31. The average molecular weight is 249 g/mol. The summed E-state index contributed by atoms with van der Waals surface area (Å²) < 4.78 is 5.41. The Morgan fingerprint density at radius 1 is 1.18 bits per heavy atom. The van der Waals surface area contributed by atoms with Crippen LogP contribution in [0.3, 0.4) is 0 Å². The van der Waals surface area contributed by atoms with E-state index in [2.05, 4.69) is 0 Å². The molecule has 1 heterocycles. The van der Waals surface area contributed by atoms with E-state index in [0.29, 0.717) is 11.4 Å². The number of benzene rings is 1. The van der Waals surface area contributed by atoms with E-state index in [1.54, 1.807) is 6.26 Å². The fraction of sp³-hybridized carbons (Fsp3) is 0.286. The molecule has 0 spiro atoms. The van der Waals surface area contributed by atoms with Gasteiger partial charge in [0.1, 0.15) is 11.4 Å². The molecule has 0 radical (unpaired) electrons. The predicted octanol–water partition coefficient (Wildman–Crippen LogP) is 3.51. The zero-order valence-corrected chi connectivity index (χ0v) is 10.1. The van der Waals surface area contributed by atoms with E-state index in [9.17, 15) is 5.11 Å². The van der Waals surface area contributed by atoms with Crippen molar-refractivity contribution in [2.75, 3.05) is 0 Å². The maximum Gasteiger partial charge on any atom is 0.119 e. The second-order valence-electron chi connectivity index (χ2n) is 4.45. The van der Waals surface area contributed by atoms with Gasteiger partial charge in [0, 0.05) is 22.6 Å². The van der Waals surface area contributed by atoms with Crippen LogP contribution in [0.1, 0.15) is 29.7 Å². The van der Waals surface area contributed by atoms with Crippen LogP contribution >= 0.6 is 11.6 Å². The summed E-state index contributed by atoms with van der Waals surface area (Å²) in [5.74, 6) is 0.874. The Labute approximate surface area is 105 Å². The number of rotatable bonds is 1. The van der Waals surface area contributed by atoms with Crippen LogP contribution in [0.15, 0.2) is 41.0 Å². The molecular weight excluding hydrogens is 236 g/mol. The fourth-order valence-corrected chi connectivity index (χ4v) is 2.91. The summed E-state index contributed by atoms with van der Waals surface area (Å²) in [5.41, 5.74) is 0.625. The topological polar surface area (TPSA) is 33.4 Å². The number of fused-ring (bicyclic) bond motifs is 1. The average Bonchev–Trinajstić information content (AvgIpc) is 2.79. The summed E-state index contributed by atoms with van der Waals surface area (Å²) >= 11 is 6.19. The summed E-state index contributed by atoms with van der Waals surface area (Å²) in [4.78, 5) is 0. The van der Waals surface area contributed by atoms with Crippen molar-refractivity contribution in [2.45, 2.75) is 24.9 Å². The molecule has 2 aromatic rings. The van der Waals surface area contributed by atoms with Crippen LogP contribution in [-0.4, -0.2) is 5.11 Å². The highest BCUT2D eigenvalue weighted by molar-refractivity contribution is 6.31. The first-order valence-electron chi connectivity index (χ1n) is 5.76. The van der Waals surface area contributed by atoms with Crippen LogP contribution in [0.2, 0.25) is 5.02 Å². The monoisotopic (exact) mass is 248 g/mol. The smallest absolute Gasteiger partial charge is 0.119 e. The van der Waals surface area contributed by atoms with Gasteiger partial charge in [-0.2, -0.15) is 0 Å². The van der Waals surface area contributed by atoms with Gasteiger partial charge in [0.05, 0.1) is 6.26 Å². The number of hydrogen-bond donors (Lipinski definition) is 1. The molecule has 1 atom stereocenters. The molecule has 0 bridgehead atoms. The lowest BCUT2D eigenvalue weighted by atomic mass is 9.78. The largest absolute Gasteiger partial charge is 0.469 e. The number of furan rings is 1. The molecule has 3 heteroatoms. The van der Waals surface area contributed by atoms with Crippen LogP contribution in [0.5, 0.6) is 0 Å². The van der Waals surface area contributed by atoms with Gasteiger partial charge in [0.25, 0.3) is 0 Å². The number of aryl methyl sites for hydroxylation is 1. The quantitative estimate of drug-likeness (QED) is 0.838. The molecule has 1 aliphatic rings. The van der Waals surface area contributed by atoms with Crippen molar-refractivity contribution in [2.24, 2.45) is 0 Å². The first kappa shape index (κ1) is 10.9. The Morgan fingerprint density at radius 2 is 2.00 bits per heavy atom. The van der Waals surface area contributed by atoms with Gasteiger partial charge in [0.2, 0.25) is 0 Å². The standard InChI is InChI=1S/C14H13ClO2/c15-12-5-2-1-4-10(12)14(16)8-3-6-13-11(14)7-9-17-13/h1-2,4-5,7,9,16H,3,6,8H2. The molecule has 0 fully saturated rings. The summed E-state index contributed by atoms with van der Waals surface area (Å²) in [5, 5.41) is 11.5. The van der Waals surface area contributed by atoms with Gasteiger partial charge in [-0.05, 0) is 25.0 Å². The highest BCUT2D eigenvalue weighted by atomic mass is 35.5. The third kappa shape index (κ3) is 1.60. The third-order valence-corrected chi connectivity index (χ3v) is 3.78. The zero-order valence-electron chi connectivity index (χ0n) is 9.32. The molecule has 88 valence electrons. The Morgan fingerprint density at radius 3 is 2.82 bits per heavy atom. The highest BCUT2D eigenvalue weighted by Crippen LogP contribution is 2.43. The van der Waals surface area contributed by atoms with Crippen molar-refractivity contribution >= 4 is 11.6 Å². The lowest BCUT2D eigenvalue weighted by molar-refractivity contribution is 0.0590. The molecule has 1 unspecified atom stereocenters. The first-order chi connectivity index (χ1) is 8.22. The van der Waals surface area contributed by atoms with Crippen LogP contribution in [0.25, 0.3) is 0 Å². The Bertz CT molecular complexity index is 547. The Hall–Kier alpha value is -1.25. The predicted molar refractivity (Wildman–Crippen MR) is 66.1 cm³/mol. The molecule has 0 aliphatic heterocycles. The molecule has 0 amide bonds. The summed E-state index contributed by atoms with van der Waals surface area (Å²) in [6.07, 6.45) is 4.11. The van der Waals surface area contributed by atoms with Crippen molar-refractivity contribution in [1.82, 2.24) is 0 Å². The number of aliphatic hydroxyl groups is 1. The molecule has 1 N–H and O–H groups in total. The minimum Gasteiger partial charge on any atom is -0.469 e. The SMILES string of the molecule is OC1(c2ccccc2Cl)CCCc2occc21. The summed E-state index contributed by atoms with van der Waals surface area (Å²) in [6, 6.07) is 9.30. The van der Waals surface area contributed by atoms with Crippen molar-refractivity contribution < 1.29 is 9.52 Å². The molecule has 17 heavy (non-hydrogen) atoms. The van der Waals surface area contributed by atoms with Gasteiger partial charge >= 0.3 is 0 Å². The minimum absolute atomic E-state index is 0.601. The van der Waals surface area contributed by atoms with E-state index in [4.69, 9.17) is 16.0 Å². The van der Waals surface area contributed by atoms with Crippen molar-refractivity contribution in [3.05, 3.63) is 58.5 Å². The second kappa shape index (κ2) is 3.90. The molecule has 1 aromatic heterocycles. The van der Waals surface area contributed by atoms with Crippen LogP contribution in [0.4, 0.5) is 0 Å². The molecule has 3 rings (SSSR count). The van der Waals surface area contributed by atoms with Gasteiger partial charge in [-0.1, -0.05) is 29.8 Å². The van der Waals surface area contributed by atoms with Crippen LogP contribution in [0, 0.1) is 0 Å². The molecule has 2 nitrogen and oxygen atoms in total. The molecule has 1 aliphatic carbocycles. The third-order valence-electron chi connectivity index (χ3n) is 3.45. The number of hydrogen-bond acceptors (Lipinski definition) is 2. The van der Waals surface area contributed by atoms with Gasteiger partial charge in [0.15, 0.2) is 0 Å².